The Morgan fingerprint density at radius 1 is 0.900 bits per heavy atom. The molecule has 3 N–H and O–H groups in total. The highest BCUT2D eigenvalue weighted by Crippen LogP contribution is 2.23. The summed E-state index contributed by atoms with van der Waals surface area (Å²) in [7, 11) is 0. The zero-order valence-corrected chi connectivity index (χ0v) is 16.7. The van der Waals surface area contributed by atoms with E-state index < -0.39 is 10.8 Å². The van der Waals surface area contributed by atoms with Gasteiger partial charge in [0.25, 0.3) is 5.69 Å². The Bertz CT molecular complexity index is 929. The van der Waals surface area contributed by atoms with E-state index in [4.69, 9.17) is 0 Å². The lowest BCUT2D eigenvalue weighted by Crippen LogP contribution is -2.38. The van der Waals surface area contributed by atoms with Crippen molar-refractivity contribution < 1.29 is 19.3 Å². The molecule has 2 rings (SSSR count). The fourth-order valence-electron chi connectivity index (χ4n) is 2.65. The normalized spacial score (nSPS) is 10.4. The summed E-state index contributed by atoms with van der Waals surface area (Å²) in [6.45, 7) is 3.50. The minimum atomic E-state index is -0.572. The molecule has 10 heteroatoms. The largest absolute Gasteiger partial charge is 0.326 e. The molecule has 0 saturated heterocycles. The molecular weight excluding hydrogens is 390 g/mol. The number of carbonyl (C=O) groups is 3. The molecule has 0 heterocycles. The molecule has 158 valence electrons. The van der Waals surface area contributed by atoms with Gasteiger partial charge in [-0.2, -0.15) is 0 Å². The van der Waals surface area contributed by atoms with E-state index in [0.717, 1.165) is 0 Å². The third kappa shape index (κ3) is 6.99. The molecule has 0 aliphatic heterocycles. The average molecular weight is 413 g/mol. The van der Waals surface area contributed by atoms with Gasteiger partial charge in [0.15, 0.2) is 0 Å². The van der Waals surface area contributed by atoms with Crippen LogP contribution < -0.4 is 16.0 Å². The van der Waals surface area contributed by atoms with Gasteiger partial charge in [-0.25, -0.2) is 0 Å². The average Bonchev–Trinajstić information content (AvgIpc) is 2.68. The first kappa shape index (κ1) is 22.5. The Morgan fingerprint density at radius 2 is 1.43 bits per heavy atom. The van der Waals surface area contributed by atoms with E-state index >= 15 is 0 Å². The van der Waals surface area contributed by atoms with Crippen LogP contribution in [0.15, 0.2) is 48.5 Å². The van der Waals surface area contributed by atoms with Crippen LogP contribution in [0.4, 0.5) is 22.7 Å². The van der Waals surface area contributed by atoms with E-state index in [9.17, 15) is 24.5 Å². The minimum Gasteiger partial charge on any atom is -0.326 e. The molecule has 0 aliphatic carbocycles. The fourth-order valence-corrected chi connectivity index (χ4v) is 2.65. The number of anilines is 3. The van der Waals surface area contributed by atoms with Crippen LogP contribution in [0.1, 0.15) is 13.8 Å². The Balaban J connectivity index is 1.90. The molecule has 0 fully saturated rings. The summed E-state index contributed by atoms with van der Waals surface area (Å²) in [5.74, 6) is -0.967. The fraction of sp³-hybridized carbons (Fsp3) is 0.250. The number of para-hydroxylation sites is 2. The summed E-state index contributed by atoms with van der Waals surface area (Å²) in [5, 5.41) is 18.9. The standard InChI is InChI=1S/C20H23N5O5/c1-3-24(13-20(28)23-17-6-4-5-7-18(17)25(29)30)12-19(27)22-16-10-8-15(9-11-16)21-14(2)26/h4-11H,3,12-13H2,1-2H3,(H,21,26)(H,22,27)(H,23,28). The van der Waals surface area contributed by atoms with Crippen LogP contribution >= 0.6 is 0 Å². The number of rotatable bonds is 9. The highest BCUT2D eigenvalue weighted by atomic mass is 16.6. The molecule has 2 aromatic rings. The zero-order chi connectivity index (χ0) is 22.1. The van der Waals surface area contributed by atoms with Crippen LogP contribution in [0, 0.1) is 10.1 Å². The molecule has 0 saturated carbocycles. The number of benzene rings is 2. The molecule has 0 spiro atoms. The van der Waals surface area contributed by atoms with Crippen molar-refractivity contribution in [1.82, 2.24) is 4.90 Å². The highest BCUT2D eigenvalue weighted by Gasteiger charge is 2.17. The predicted molar refractivity (Wildman–Crippen MR) is 113 cm³/mol. The maximum atomic E-state index is 12.3. The van der Waals surface area contributed by atoms with Gasteiger partial charge in [-0.05, 0) is 36.9 Å². The topological polar surface area (TPSA) is 134 Å². The zero-order valence-electron chi connectivity index (χ0n) is 16.7. The molecular formula is C20H23N5O5. The number of likely N-dealkylation sites (N-methyl/N-ethyl adjacent to an activating group) is 1. The van der Waals surface area contributed by atoms with Gasteiger partial charge < -0.3 is 16.0 Å². The van der Waals surface area contributed by atoms with Crippen LogP contribution in [0.3, 0.4) is 0 Å². The maximum absolute atomic E-state index is 12.3. The second-order valence-corrected chi connectivity index (χ2v) is 6.43. The molecule has 0 atom stereocenters. The lowest BCUT2D eigenvalue weighted by atomic mass is 10.2. The van der Waals surface area contributed by atoms with Crippen molar-refractivity contribution >= 4 is 40.5 Å². The van der Waals surface area contributed by atoms with Crippen molar-refractivity contribution in [2.45, 2.75) is 13.8 Å². The Labute approximate surface area is 173 Å². The summed E-state index contributed by atoms with van der Waals surface area (Å²) >= 11 is 0. The Kier molecular flexibility index (Phi) is 8.00. The number of nitro benzene ring substituents is 1. The summed E-state index contributed by atoms with van der Waals surface area (Å²) in [6.07, 6.45) is 0. The van der Waals surface area contributed by atoms with Crippen LogP contribution in [0.5, 0.6) is 0 Å². The molecule has 0 radical (unpaired) electrons. The van der Waals surface area contributed by atoms with Gasteiger partial charge in [-0.3, -0.25) is 29.4 Å². The third-order valence-electron chi connectivity index (χ3n) is 4.05. The van der Waals surface area contributed by atoms with E-state index in [1.165, 1.54) is 25.1 Å². The molecule has 30 heavy (non-hydrogen) atoms. The van der Waals surface area contributed by atoms with E-state index in [-0.39, 0.29) is 36.3 Å². The molecule has 2 aromatic carbocycles. The molecule has 0 aliphatic rings. The highest BCUT2D eigenvalue weighted by molar-refractivity contribution is 5.96. The first-order chi connectivity index (χ1) is 14.3. The molecule has 0 unspecified atom stereocenters. The summed E-state index contributed by atoms with van der Waals surface area (Å²) < 4.78 is 0. The van der Waals surface area contributed by atoms with Gasteiger partial charge in [0, 0.05) is 24.4 Å². The van der Waals surface area contributed by atoms with Gasteiger partial charge in [0.2, 0.25) is 17.7 Å². The smallest absolute Gasteiger partial charge is 0.292 e. The maximum Gasteiger partial charge on any atom is 0.292 e. The first-order valence-electron chi connectivity index (χ1n) is 9.21. The third-order valence-corrected chi connectivity index (χ3v) is 4.05. The van der Waals surface area contributed by atoms with Crippen molar-refractivity contribution in [3.8, 4) is 0 Å². The van der Waals surface area contributed by atoms with Gasteiger partial charge in [-0.1, -0.05) is 19.1 Å². The molecule has 3 amide bonds. The van der Waals surface area contributed by atoms with Crippen molar-refractivity contribution in [1.29, 1.82) is 0 Å². The lowest BCUT2D eigenvalue weighted by Gasteiger charge is -2.19. The van der Waals surface area contributed by atoms with Gasteiger partial charge in [0.1, 0.15) is 5.69 Å². The number of hydrogen-bond donors (Lipinski definition) is 3. The quantitative estimate of drug-likeness (QED) is 0.427. The van der Waals surface area contributed by atoms with Gasteiger partial charge in [0.05, 0.1) is 18.0 Å². The first-order valence-corrected chi connectivity index (χ1v) is 9.21. The van der Waals surface area contributed by atoms with E-state index in [2.05, 4.69) is 16.0 Å². The van der Waals surface area contributed by atoms with Gasteiger partial charge >= 0.3 is 0 Å². The van der Waals surface area contributed by atoms with E-state index in [1.807, 2.05) is 0 Å². The monoisotopic (exact) mass is 413 g/mol. The Hall–Kier alpha value is -3.79. The van der Waals surface area contributed by atoms with Crippen LogP contribution in [-0.4, -0.2) is 47.2 Å². The summed E-state index contributed by atoms with van der Waals surface area (Å²) in [5.41, 5.74) is 1.07. The van der Waals surface area contributed by atoms with Crippen LogP contribution in [-0.2, 0) is 14.4 Å². The summed E-state index contributed by atoms with van der Waals surface area (Å²) in [6, 6.07) is 12.5. The van der Waals surface area contributed by atoms with Crippen molar-refractivity contribution in [3.63, 3.8) is 0 Å². The number of carbonyl (C=O) groups excluding carboxylic acids is 3. The predicted octanol–water partition coefficient (Wildman–Crippen LogP) is 2.45. The van der Waals surface area contributed by atoms with Crippen molar-refractivity contribution in [2.24, 2.45) is 0 Å². The summed E-state index contributed by atoms with van der Waals surface area (Å²) in [4.78, 5) is 47.7. The number of nitrogens with one attached hydrogen (secondary N) is 3. The number of hydrogen-bond acceptors (Lipinski definition) is 6. The van der Waals surface area contributed by atoms with Crippen LogP contribution in [0.2, 0.25) is 0 Å². The SMILES string of the molecule is CCN(CC(=O)Nc1ccc(NC(C)=O)cc1)CC(=O)Nc1ccccc1[N+](=O)[O-]. The minimum absolute atomic E-state index is 0.0335. The lowest BCUT2D eigenvalue weighted by molar-refractivity contribution is -0.383. The number of amides is 3. The van der Waals surface area contributed by atoms with E-state index in [0.29, 0.717) is 17.9 Å². The molecule has 0 bridgehead atoms. The van der Waals surface area contributed by atoms with Crippen molar-refractivity contribution in [3.05, 3.63) is 58.6 Å². The number of nitro groups is 1. The van der Waals surface area contributed by atoms with Crippen LogP contribution in [0.25, 0.3) is 0 Å². The molecule has 0 aromatic heterocycles. The van der Waals surface area contributed by atoms with Crippen molar-refractivity contribution in [2.75, 3.05) is 35.6 Å². The second-order valence-electron chi connectivity index (χ2n) is 6.43. The second kappa shape index (κ2) is 10.7. The number of nitrogens with zero attached hydrogens (tertiary/aromatic N) is 2. The molecule has 10 nitrogen and oxygen atoms in total. The van der Waals surface area contributed by atoms with Gasteiger partial charge in [-0.15, -0.1) is 0 Å². The van der Waals surface area contributed by atoms with E-state index in [1.54, 1.807) is 42.2 Å². The Morgan fingerprint density at radius 3 is 1.97 bits per heavy atom.